The van der Waals surface area contributed by atoms with Gasteiger partial charge in [-0.3, -0.25) is 14.6 Å². The molecule has 0 saturated carbocycles. The molecule has 0 radical (unpaired) electrons. The fourth-order valence-electron chi connectivity index (χ4n) is 3.73. The number of carbonyl (C=O) groups excluding carboxylic acids is 2. The zero-order chi connectivity index (χ0) is 22.0. The van der Waals surface area contributed by atoms with E-state index in [1.54, 1.807) is 55.9 Å². The Bertz CT molecular complexity index is 1140. The third-order valence-corrected chi connectivity index (χ3v) is 5.40. The number of aliphatic hydroxyl groups excluding tert-OH is 1. The van der Waals surface area contributed by atoms with Gasteiger partial charge in [-0.1, -0.05) is 29.8 Å². The lowest BCUT2D eigenvalue weighted by atomic mass is 9.94. The van der Waals surface area contributed by atoms with Crippen molar-refractivity contribution in [2.24, 2.45) is 0 Å². The van der Waals surface area contributed by atoms with E-state index < -0.39 is 17.7 Å². The van der Waals surface area contributed by atoms with Gasteiger partial charge >= 0.3 is 0 Å². The molecule has 6 heteroatoms. The van der Waals surface area contributed by atoms with Crippen LogP contribution in [-0.2, 0) is 16.1 Å². The molecule has 3 aromatic rings. The molecule has 0 spiro atoms. The normalized spacial score (nSPS) is 17.7. The predicted molar refractivity (Wildman–Crippen MR) is 116 cm³/mol. The minimum Gasteiger partial charge on any atom is -0.507 e. The first-order chi connectivity index (χ1) is 15.0. The van der Waals surface area contributed by atoms with Gasteiger partial charge in [0.05, 0.1) is 18.7 Å². The van der Waals surface area contributed by atoms with Gasteiger partial charge in [-0.25, -0.2) is 0 Å². The van der Waals surface area contributed by atoms with Crippen molar-refractivity contribution in [2.45, 2.75) is 19.5 Å². The van der Waals surface area contributed by atoms with Crippen LogP contribution in [0.15, 0.2) is 78.6 Å². The maximum atomic E-state index is 13.0. The van der Waals surface area contributed by atoms with Crippen LogP contribution < -0.4 is 4.74 Å². The van der Waals surface area contributed by atoms with Crippen LogP contribution in [0.5, 0.6) is 5.75 Å². The first-order valence-electron chi connectivity index (χ1n) is 9.88. The summed E-state index contributed by atoms with van der Waals surface area (Å²) in [6.07, 6.45) is 3.29. The van der Waals surface area contributed by atoms with Crippen LogP contribution in [0.1, 0.15) is 28.3 Å². The lowest BCUT2D eigenvalue weighted by Crippen LogP contribution is -2.29. The van der Waals surface area contributed by atoms with Crippen molar-refractivity contribution < 1.29 is 19.4 Å². The topological polar surface area (TPSA) is 79.7 Å². The number of Topliss-reactive ketones (excluding diaryl/α,β-unsaturated/α-hetero) is 1. The van der Waals surface area contributed by atoms with Crippen LogP contribution in [0.25, 0.3) is 5.76 Å². The molecule has 0 bridgehead atoms. The number of ether oxygens (including phenoxy) is 1. The van der Waals surface area contributed by atoms with Crippen molar-refractivity contribution in [1.29, 1.82) is 0 Å². The smallest absolute Gasteiger partial charge is 0.295 e. The maximum absolute atomic E-state index is 13.0. The zero-order valence-corrected chi connectivity index (χ0v) is 17.3. The summed E-state index contributed by atoms with van der Waals surface area (Å²) in [5.74, 6) is -0.918. The first kappa shape index (κ1) is 20.3. The van der Waals surface area contributed by atoms with Crippen LogP contribution >= 0.6 is 0 Å². The number of hydrogen-bond acceptors (Lipinski definition) is 5. The highest BCUT2D eigenvalue weighted by molar-refractivity contribution is 6.46. The molecule has 1 unspecified atom stereocenters. The van der Waals surface area contributed by atoms with Crippen molar-refractivity contribution in [3.63, 3.8) is 0 Å². The fraction of sp³-hybridized carbons (Fsp3) is 0.160. The highest BCUT2D eigenvalue weighted by atomic mass is 16.5. The van der Waals surface area contributed by atoms with Crippen molar-refractivity contribution >= 4 is 17.4 Å². The summed E-state index contributed by atoms with van der Waals surface area (Å²) in [5, 5.41) is 11.1. The van der Waals surface area contributed by atoms with Crippen LogP contribution in [0.2, 0.25) is 0 Å². The maximum Gasteiger partial charge on any atom is 0.295 e. The quantitative estimate of drug-likeness (QED) is 0.388. The van der Waals surface area contributed by atoms with Gasteiger partial charge in [-0.2, -0.15) is 0 Å². The number of pyridine rings is 1. The van der Waals surface area contributed by atoms with Crippen LogP contribution in [0, 0.1) is 6.92 Å². The third kappa shape index (κ3) is 3.92. The summed E-state index contributed by atoms with van der Waals surface area (Å²) in [5.41, 5.74) is 3.19. The largest absolute Gasteiger partial charge is 0.507 e. The van der Waals surface area contributed by atoms with Gasteiger partial charge in [-0.15, -0.1) is 0 Å². The van der Waals surface area contributed by atoms with E-state index in [1.165, 1.54) is 4.90 Å². The standard InChI is InChI=1S/C25H22N2O4/c1-16-3-5-18(6-4-16)22-21(23(28)19-7-9-20(31-2)10-8-19)24(29)25(30)27(22)15-17-11-13-26-14-12-17/h3-14,22,28H,15H2,1-2H3. The van der Waals surface area contributed by atoms with Crippen LogP contribution in [-0.4, -0.2) is 33.8 Å². The molecule has 1 aliphatic rings. The molecule has 31 heavy (non-hydrogen) atoms. The lowest BCUT2D eigenvalue weighted by Gasteiger charge is -2.25. The number of ketones is 1. The Morgan fingerprint density at radius 1 is 1.00 bits per heavy atom. The minimum absolute atomic E-state index is 0.0769. The Labute approximate surface area is 180 Å². The summed E-state index contributed by atoms with van der Waals surface area (Å²) < 4.78 is 5.17. The Balaban J connectivity index is 1.84. The Morgan fingerprint density at radius 2 is 1.65 bits per heavy atom. The van der Waals surface area contributed by atoms with E-state index >= 15 is 0 Å². The molecule has 2 aromatic carbocycles. The lowest BCUT2D eigenvalue weighted by molar-refractivity contribution is -0.140. The summed E-state index contributed by atoms with van der Waals surface area (Å²) in [6, 6.07) is 17.2. The van der Waals surface area contributed by atoms with E-state index in [0.717, 1.165) is 16.7 Å². The van der Waals surface area contributed by atoms with Crippen LogP contribution in [0.4, 0.5) is 0 Å². The number of rotatable bonds is 5. The van der Waals surface area contributed by atoms with Crippen molar-refractivity contribution in [1.82, 2.24) is 9.88 Å². The molecule has 1 aromatic heterocycles. The van der Waals surface area contributed by atoms with Gasteiger partial charge < -0.3 is 14.7 Å². The van der Waals surface area contributed by atoms with Crippen LogP contribution in [0.3, 0.4) is 0 Å². The molecule has 1 saturated heterocycles. The zero-order valence-electron chi connectivity index (χ0n) is 17.3. The molecular formula is C25H22N2O4. The molecule has 156 valence electrons. The third-order valence-electron chi connectivity index (χ3n) is 5.40. The summed E-state index contributed by atoms with van der Waals surface area (Å²) in [6.45, 7) is 2.19. The van der Waals surface area contributed by atoms with E-state index in [0.29, 0.717) is 11.3 Å². The van der Waals surface area contributed by atoms with E-state index in [9.17, 15) is 14.7 Å². The van der Waals surface area contributed by atoms with E-state index in [4.69, 9.17) is 4.74 Å². The monoisotopic (exact) mass is 414 g/mol. The number of carbonyl (C=O) groups is 2. The molecule has 1 aliphatic heterocycles. The molecular weight excluding hydrogens is 392 g/mol. The second-order valence-electron chi connectivity index (χ2n) is 7.42. The summed E-state index contributed by atoms with van der Waals surface area (Å²) >= 11 is 0. The number of likely N-dealkylation sites (tertiary alicyclic amines) is 1. The Hall–Kier alpha value is -3.93. The van der Waals surface area contributed by atoms with Gasteiger partial charge in [0.15, 0.2) is 0 Å². The number of aliphatic hydroxyl groups is 1. The molecule has 1 N–H and O–H groups in total. The minimum atomic E-state index is -0.701. The van der Waals surface area contributed by atoms with Gasteiger partial charge in [0.1, 0.15) is 11.5 Å². The van der Waals surface area contributed by atoms with Gasteiger partial charge in [0.2, 0.25) is 0 Å². The van der Waals surface area contributed by atoms with Crippen molar-refractivity contribution in [3.8, 4) is 5.75 Å². The highest BCUT2D eigenvalue weighted by Gasteiger charge is 2.46. The molecule has 1 amide bonds. The predicted octanol–water partition coefficient (Wildman–Crippen LogP) is 4.02. The molecule has 1 fully saturated rings. The number of benzene rings is 2. The molecule has 4 rings (SSSR count). The molecule has 0 aliphatic carbocycles. The first-order valence-corrected chi connectivity index (χ1v) is 9.88. The van der Waals surface area contributed by atoms with Gasteiger partial charge in [-0.05, 0) is 54.4 Å². The van der Waals surface area contributed by atoms with E-state index in [-0.39, 0.29) is 17.9 Å². The number of nitrogens with zero attached hydrogens (tertiary/aromatic N) is 2. The van der Waals surface area contributed by atoms with Crippen molar-refractivity contribution in [2.75, 3.05) is 7.11 Å². The average molecular weight is 414 g/mol. The highest BCUT2D eigenvalue weighted by Crippen LogP contribution is 2.40. The summed E-state index contributed by atoms with van der Waals surface area (Å²) in [4.78, 5) is 31.6. The Morgan fingerprint density at radius 3 is 2.26 bits per heavy atom. The number of aromatic nitrogens is 1. The fourth-order valence-corrected chi connectivity index (χ4v) is 3.73. The van der Waals surface area contributed by atoms with E-state index in [2.05, 4.69) is 4.98 Å². The second kappa shape index (κ2) is 8.44. The van der Waals surface area contributed by atoms with Gasteiger partial charge in [0, 0.05) is 24.5 Å². The number of hydrogen-bond donors (Lipinski definition) is 1. The molecule has 2 heterocycles. The number of amides is 1. The average Bonchev–Trinajstić information content (AvgIpc) is 3.05. The van der Waals surface area contributed by atoms with E-state index in [1.807, 2.05) is 31.2 Å². The second-order valence-corrected chi connectivity index (χ2v) is 7.42. The van der Waals surface area contributed by atoms with Gasteiger partial charge in [0.25, 0.3) is 11.7 Å². The van der Waals surface area contributed by atoms with Crippen molar-refractivity contribution in [3.05, 3.63) is 101 Å². The number of methoxy groups -OCH3 is 1. The molecule has 1 atom stereocenters. The Kier molecular flexibility index (Phi) is 5.54. The number of aryl methyl sites for hydroxylation is 1. The SMILES string of the molecule is COc1ccc(C(O)=C2C(=O)C(=O)N(Cc3ccncc3)C2c2ccc(C)cc2)cc1. The summed E-state index contributed by atoms with van der Waals surface area (Å²) in [7, 11) is 1.55. The molecule has 6 nitrogen and oxygen atoms in total.